The highest BCUT2D eigenvalue weighted by Crippen LogP contribution is 2.52. The maximum absolute atomic E-state index is 14.0. The molecule has 4 N–H and O–H groups in total. The number of fused-ring (bicyclic) bond motifs is 3. The lowest BCUT2D eigenvalue weighted by Crippen LogP contribution is -2.46. The van der Waals surface area contributed by atoms with Crippen molar-refractivity contribution in [3.63, 3.8) is 0 Å². The molecule has 0 radical (unpaired) electrons. The minimum absolute atomic E-state index is 0.197. The molecule has 4 atom stereocenters. The van der Waals surface area contributed by atoms with Crippen molar-refractivity contribution in [1.82, 2.24) is 0 Å². The highest BCUT2D eigenvalue weighted by Gasteiger charge is 2.57. The number of imide groups is 1. The molecule has 8 nitrogen and oxygen atoms in total. The monoisotopic (exact) mass is 619 g/mol. The van der Waals surface area contributed by atoms with Crippen molar-refractivity contribution in [3.05, 3.63) is 100 Å². The number of phenols is 1. The summed E-state index contributed by atoms with van der Waals surface area (Å²) in [6.45, 7) is 5.83. The van der Waals surface area contributed by atoms with Gasteiger partial charge in [0.05, 0.1) is 23.6 Å². The van der Waals surface area contributed by atoms with E-state index in [9.17, 15) is 29.8 Å². The van der Waals surface area contributed by atoms with Gasteiger partial charge in [-0.05, 0) is 115 Å². The van der Waals surface area contributed by atoms with Crippen LogP contribution in [-0.2, 0) is 14.2 Å². The van der Waals surface area contributed by atoms with Crippen molar-refractivity contribution in [3.8, 4) is 5.75 Å². The molecule has 1 aliphatic carbocycles. The molecule has 0 spiro atoms. The van der Waals surface area contributed by atoms with Crippen LogP contribution in [0.25, 0.3) is 11.6 Å². The number of aryl methyl sites for hydroxylation is 2. The molecule has 2 aliphatic heterocycles. The first-order valence-electron chi connectivity index (χ1n) is 16.0. The zero-order chi connectivity index (χ0) is 32.7. The number of anilines is 1. The quantitative estimate of drug-likeness (QED) is 0.127. The van der Waals surface area contributed by atoms with Crippen LogP contribution in [0, 0.1) is 31.6 Å². The van der Waals surface area contributed by atoms with E-state index in [0.29, 0.717) is 37.1 Å². The number of phenolic OH excluding ortho intramolecular Hbond substituents is 1. The molecule has 0 unspecified atom stereocenters. The van der Waals surface area contributed by atoms with Crippen LogP contribution in [0.1, 0.15) is 54.9 Å². The predicted molar refractivity (Wildman–Crippen MR) is 180 cm³/mol. The molecule has 236 valence electrons. The summed E-state index contributed by atoms with van der Waals surface area (Å²) in [6, 6.07) is 20.2. The maximum Gasteiger partial charge on any atom is 0.488 e. The molecule has 10 heteroatoms. The number of hydrogen-bond donors (Lipinski definition) is 4. The number of carbonyl (C=O) groups is 2. The Morgan fingerprint density at radius 2 is 1.72 bits per heavy atom. The van der Waals surface area contributed by atoms with Crippen LogP contribution < -0.4 is 10.4 Å². The number of nitrogens with zero attached hydrogens (tertiary/aromatic N) is 1. The number of carbonyl (C=O) groups excluding carboxylic acids is 2. The number of amides is 2. The highest BCUT2D eigenvalue weighted by atomic mass is 16.5. The van der Waals surface area contributed by atoms with Crippen LogP contribution in [0.15, 0.2) is 77.9 Å². The third-order valence-electron chi connectivity index (χ3n) is 9.84. The molecule has 3 aromatic carbocycles. The molecule has 2 fully saturated rings. The standard InChI is InChI=1S/C36H39B2NO7/c1-4-24-18-29-33(36(42)39(35(29)41)28-12-8-11-27(19-28)38(44)45)30-20-37(43)46-31(32(24)30)14-13-26(25-9-6-5-7-10-25)17-23-15-21(2)34(40)22(3)16-23/h5-12,15-17,19,29-31,33,40,43-45H,4,13-14,18,20H2,1-3H3/b26-17-/t29-,30+,31-,33-/m1/s1. The summed E-state index contributed by atoms with van der Waals surface area (Å²) in [6.07, 6.45) is 4.29. The van der Waals surface area contributed by atoms with Crippen molar-refractivity contribution in [1.29, 1.82) is 0 Å². The van der Waals surface area contributed by atoms with E-state index in [1.54, 1.807) is 12.1 Å². The number of aromatic hydroxyl groups is 1. The second-order valence-electron chi connectivity index (χ2n) is 12.7. The predicted octanol–water partition coefficient (Wildman–Crippen LogP) is 4.42. The van der Waals surface area contributed by atoms with E-state index in [-0.39, 0.29) is 29.5 Å². The van der Waals surface area contributed by atoms with Crippen LogP contribution >= 0.6 is 0 Å². The Labute approximate surface area is 270 Å². The molecule has 3 aromatic rings. The Morgan fingerprint density at radius 3 is 2.39 bits per heavy atom. The van der Waals surface area contributed by atoms with Gasteiger partial charge in [0.1, 0.15) is 5.75 Å². The number of allylic oxidation sites excluding steroid dienone is 2. The summed E-state index contributed by atoms with van der Waals surface area (Å²) in [5.74, 6) is -1.86. The molecule has 3 aliphatic rings. The first-order chi connectivity index (χ1) is 22.1. The van der Waals surface area contributed by atoms with Gasteiger partial charge in [-0.3, -0.25) is 14.5 Å². The van der Waals surface area contributed by atoms with E-state index < -0.39 is 32.2 Å². The number of benzene rings is 3. The van der Waals surface area contributed by atoms with E-state index >= 15 is 0 Å². The first-order valence-corrected chi connectivity index (χ1v) is 16.0. The molecule has 2 amide bonds. The van der Waals surface area contributed by atoms with E-state index in [4.69, 9.17) is 4.65 Å². The largest absolute Gasteiger partial charge is 0.507 e. The van der Waals surface area contributed by atoms with Gasteiger partial charge in [0, 0.05) is 0 Å². The minimum atomic E-state index is -1.72. The topological polar surface area (TPSA) is 128 Å². The van der Waals surface area contributed by atoms with Gasteiger partial charge in [0.25, 0.3) is 0 Å². The molecule has 6 rings (SSSR count). The van der Waals surface area contributed by atoms with Gasteiger partial charge in [0.15, 0.2) is 0 Å². The van der Waals surface area contributed by atoms with Crippen molar-refractivity contribution in [2.45, 2.75) is 58.9 Å². The van der Waals surface area contributed by atoms with E-state index in [0.717, 1.165) is 39.0 Å². The Bertz CT molecular complexity index is 1700. The fourth-order valence-corrected chi connectivity index (χ4v) is 7.69. The van der Waals surface area contributed by atoms with Gasteiger partial charge >= 0.3 is 14.2 Å². The summed E-state index contributed by atoms with van der Waals surface area (Å²) in [4.78, 5) is 29.0. The van der Waals surface area contributed by atoms with Crippen LogP contribution in [0.3, 0.4) is 0 Å². The summed E-state index contributed by atoms with van der Waals surface area (Å²) in [5.41, 5.74) is 7.38. The Hall–Kier alpha value is -3.95. The van der Waals surface area contributed by atoms with Gasteiger partial charge in [0.2, 0.25) is 11.8 Å². The van der Waals surface area contributed by atoms with E-state index in [1.807, 2.05) is 44.2 Å². The normalized spacial score (nSPS) is 23.1. The fraction of sp³-hybridized carbons (Fsp3) is 0.333. The fourth-order valence-electron chi connectivity index (χ4n) is 7.69. The zero-order valence-corrected chi connectivity index (χ0v) is 26.4. The molecule has 0 saturated carbocycles. The van der Waals surface area contributed by atoms with Crippen LogP contribution in [0.4, 0.5) is 5.69 Å². The van der Waals surface area contributed by atoms with Crippen molar-refractivity contribution in [2.75, 3.05) is 4.90 Å². The molecule has 2 heterocycles. The summed E-state index contributed by atoms with van der Waals surface area (Å²) in [5, 5.41) is 40.7. The number of hydrogen-bond acceptors (Lipinski definition) is 7. The second kappa shape index (κ2) is 13.0. The minimum Gasteiger partial charge on any atom is -0.507 e. The molecule has 0 bridgehead atoms. The average molecular weight is 619 g/mol. The smallest absolute Gasteiger partial charge is 0.488 e. The van der Waals surface area contributed by atoms with Crippen molar-refractivity contribution < 1.29 is 34.4 Å². The third-order valence-corrected chi connectivity index (χ3v) is 9.84. The lowest BCUT2D eigenvalue weighted by Gasteiger charge is -2.43. The van der Waals surface area contributed by atoms with Crippen LogP contribution in [0.2, 0.25) is 6.32 Å². The molecular weight excluding hydrogens is 580 g/mol. The van der Waals surface area contributed by atoms with Crippen molar-refractivity contribution >= 4 is 48.9 Å². The molecule has 46 heavy (non-hydrogen) atoms. The van der Waals surface area contributed by atoms with E-state index in [2.05, 4.69) is 25.1 Å². The Kier molecular flexibility index (Phi) is 9.08. The SMILES string of the molecule is CCC1=C2[C@@H](CC/C(=C/c3cc(C)c(O)c(C)c3)c3ccccc3)OB(O)C[C@@H]2[C@@H]2C(=O)N(c3cccc(B(O)O)c3)C(=O)[C@@H]2C1. The maximum atomic E-state index is 14.0. The van der Waals surface area contributed by atoms with Gasteiger partial charge in [-0.2, -0.15) is 0 Å². The second-order valence-corrected chi connectivity index (χ2v) is 12.7. The van der Waals surface area contributed by atoms with Crippen LogP contribution in [0.5, 0.6) is 5.75 Å². The van der Waals surface area contributed by atoms with Gasteiger partial charge < -0.3 is 24.8 Å². The van der Waals surface area contributed by atoms with Crippen molar-refractivity contribution in [2.24, 2.45) is 17.8 Å². The average Bonchev–Trinajstić information content (AvgIpc) is 3.30. The number of rotatable bonds is 8. The summed E-state index contributed by atoms with van der Waals surface area (Å²) >= 11 is 0. The lowest BCUT2D eigenvalue weighted by molar-refractivity contribution is -0.122. The first kappa shape index (κ1) is 32.0. The summed E-state index contributed by atoms with van der Waals surface area (Å²) in [7, 11) is -2.80. The van der Waals surface area contributed by atoms with Gasteiger partial charge in [-0.25, -0.2) is 0 Å². The third kappa shape index (κ3) is 5.98. The van der Waals surface area contributed by atoms with Gasteiger partial charge in [-0.15, -0.1) is 0 Å². The van der Waals surface area contributed by atoms with E-state index in [1.165, 1.54) is 17.0 Å². The Balaban J connectivity index is 1.32. The molecule has 0 aromatic heterocycles. The summed E-state index contributed by atoms with van der Waals surface area (Å²) < 4.78 is 6.21. The zero-order valence-electron chi connectivity index (χ0n) is 26.4. The molecular formula is C36H39B2NO7. The Morgan fingerprint density at radius 1 is 1.00 bits per heavy atom. The molecule has 2 saturated heterocycles. The lowest BCUT2D eigenvalue weighted by atomic mass is 9.58. The van der Waals surface area contributed by atoms with Gasteiger partial charge in [-0.1, -0.05) is 61.0 Å². The van der Waals surface area contributed by atoms with Crippen LogP contribution in [-0.4, -0.2) is 52.3 Å². The highest BCUT2D eigenvalue weighted by molar-refractivity contribution is 6.58.